The van der Waals surface area contributed by atoms with Crippen LogP contribution in [0.4, 0.5) is 11.4 Å². The maximum Gasteiger partial charge on any atom is 0.241 e. The molecule has 23 heavy (non-hydrogen) atoms. The molecule has 0 saturated carbocycles. The lowest BCUT2D eigenvalue weighted by molar-refractivity contribution is -0.121. The average molecular weight is 317 g/mol. The molecule has 126 valence electrons. The summed E-state index contributed by atoms with van der Waals surface area (Å²) in [6.45, 7) is 5.00. The van der Waals surface area contributed by atoms with Crippen LogP contribution in [0.25, 0.3) is 0 Å². The zero-order chi connectivity index (χ0) is 16.8. The molecule has 2 rings (SSSR count). The molecule has 1 heterocycles. The summed E-state index contributed by atoms with van der Waals surface area (Å²) in [5.74, 6) is 0.394. The van der Waals surface area contributed by atoms with E-state index in [9.17, 15) is 9.59 Å². The molecule has 0 bridgehead atoms. The summed E-state index contributed by atoms with van der Waals surface area (Å²) in [5.41, 5.74) is 1.51. The van der Waals surface area contributed by atoms with Crippen molar-refractivity contribution in [1.29, 1.82) is 0 Å². The molecule has 0 radical (unpaired) electrons. The number of carbonyl (C=O) groups excluding carboxylic acids is 2. The number of likely N-dealkylation sites (N-methyl/N-ethyl adjacent to an activating group) is 1. The average Bonchev–Trinajstić information content (AvgIpc) is 2.48. The van der Waals surface area contributed by atoms with E-state index < -0.39 is 0 Å². The van der Waals surface area contributed by atoms with Crippen molar-refractivity contribution >= 4 is 23.2 Å². The maximum atomic E-state index is 12.3. The minimum absolute atomic E-state index is 0.0145. The van der Waals surface area contributed by atoms with Gasteiger partial charge in [0.1, 0.15) is 0 Å². The summed E-state index contributed by atoms with van der Waals surface area (Å²) in [6, 6.07) is 7.24. The fourth-order valence-corrected chi connectivity index (χ4v) is 2.85. The van der Waals surface area contributed by atoms with E-state index >= 15 is 0 Å². The molecular formula is C18H27N3O2. The highest BCUT2D eigenvalue weighted by atomic mass is 16.2. The molecule has 0 unspecified atom stereocenters. The van der Waals surface area contributed by atoms with Gasteiger partial charge in [0.15, 0.2) is 0 Å². The van der Waals surface area contributed by atoms with E-state index in [0.29, 0.717) is 12.3 Å². The Labute approximate surface area is 138 Å². The molecule has 5 nitrogen and oxygen atoms in total. The van der Waals surface area contributed by atoms with Crippen molar-refractivity contribution in [2.75, 3.05) is 24.2 Å². The van der Waals surface area contributed by atoms with E-state index in [0.717, 1.165) is 37.2 Å². The summed E-state index contributed by atoms with van der Waals surface area (Å²) >= 11 is 0. The Bertz CT molecular complexity index is 540. The largest absolute Gasteiger partial charge is 0.326 e. The highest BCUT2D eigenvalue weighted by Crippen LogP contribution is 2.19. The predicted molar refractivity (Wildman–Crippen MR) is 93.4 cm³/mol. The van der Waals surface area contributed by atoms with Crippen LogP contribution in [0.15, 0.2) is 24.3 Å². The number of hydrogen-bond acceptors (Lipinski definition) is 3. The van der Waals surface area contributed by atoms with Crippen molar-refractivity contribution in [3.05, 3.63) is 24.3 Å². The van der Waals surface area contributed by atoms with Gasteiger partial charge in [0.25, 0.3) is 0 Å². The number of nitrogens with zero attached hydrogens (tertiary/aromatic N) is 1. The molecule has 1 aromatic carbocycles. The number of benzene rings is 1. The molecule has 0 aliphatic carbocycles. The van der Waals surface area contributed by atoms with Crippen LogP contribution in [0, 0.1) is 5.92 Å². The lowest BCUT2D eigenvalue weighted by Gasteiger charge is -2.31. The van der Waals surface area contributed by atoms with E-state index in [1.165, 1.54) is 0 Å². The third-order valence-electron chi connectivity index (χ3n) is 4.10. The van der Waals surface area contributed by atoms with Crippen LogP contribution < -0.4 is 10.6 Å². The number of anilines is 2. The second kappa shape index (κ2) is 8.11. The highest BCUT2D eigenvalue weighted by Gasteiger charge is 2.25. The standard InChI is InChI=1S/C18H27N3O2/c1-13(2)12-17(22)19-14-7-9-15(10-8-14)20-18(23)16-6-4-5-11-21(16)3/h7-10,13,16H,4-6,11-12H2,1-3H3,(H,19,22)(H,20,23)/t16-/m0/s1. The summed E-state index contributed by atoms with van der Waals surface area (Å²) in [6.07, 6.45) is 3.67. The van der Waals surface area contributed by atoms with E-state index in [4.69, 9.17) is 0 Å². The number of amides is 2. The van der Waals surface area contributed by atoms with Gasteiger partial charge in [0.2, 0.25) is 11.8 Å². The van der Waals surface area contributed by atoms with Gasteiger partial charge >= 0.3 is 0 Å². The molecule has 1 fully saturated rings. The van der Waals surface area contributed by atoms with Gasteiger partial charge in [0, 0.05) is 17.8 Å². The molecule has 1 atom stereocenters. The van der Waals surface area contributed by atoms with E-state index in [1.807, 2.05) is 45.2 Å². The van der Waals surface area contributed by atoms with Crippen molar-refractivity contribution in [3.8, 4) is 0 Å². The summed E-state index contributed by atoms with van der Waals surface area (Å²) in [5, 5.41) is 5.83. The van der Waals surface area contributed by atoms with Gasteiger partial charge in [-0.3, -0.25) is 14.5 Å². The lowest BCUT2D eigenvalue weighted by atomic mass is 10.0. The maximum absolute atomic E-state index is 12.3. The molecule has 5 heteroatoms. The summed E-state index contributed by atoms with van der Waals surface area (Å²) < 4.78 is 0. The molecular weight excluding hydrogens is 290 g/mol. The molecule has 0 aromatic heterocycles. The minimum Gasteiger partial charge on any atom is -0.326 e. The van der Waals surface area contributed by atoms with Gasteiger partial charge in [-0.05, 0) is 56.6 Å². The topological polar surface area (TPSA) is 61.4 Å². The van der Waals surface area contributed by atoms with Crippen LogP contribution in [0.5, 0.6) is 0 Å². The van der Waals surface area contributed by atoms with Gasteiger partial charge in [-0.2, -0.15) is 0 Å². The second-order valence-corrected chi connectivity index (χ2v) is 6.70. The lowest BCUT2D eigenvalue weighted by Crippen LogP contribution is -2.44. The SMILES string of the molecule is CC(C)CC(=O)Nc1ccc(NC(=O)[C@@H]2CCCCN2C)cc1. The van der Waals surface area contributed by atoms with Crippen molar-refractivity contribution in [3.63, 3.8) is 0 Å². The predicted octanol–water partition coefficient (Wildman–Crippen LogP) is 3.09. The molecule has 1 aliphatic heterocycles. The number of hydrogen-bond donors (Lipinski definition) is 2. The van der Waals surface area contributed by atoms with Gasteiger partial charge in [-0.25, -0.2) is 0 Å². The first-order chi connectivity index (χ1) is 11.0. The quantitative estimate of drug-likeness (QED) is 0.877. The fraction of sp³-hybridized carbons (Fsp3) is 0.556. The third-order valence-corrected chi connectivity index (χ3v) is 4.10. The Morgan fingerprint density at radius 3 is 2.30 bits per heavy atom. The first-order valence-corrected chi connectivity index (χ1v) is 8.36. The molecule has 2 amide bonds. The molecule has 1 saturated heterocycles. The van der Waals surface area contributed by atoms with Gasteiger partial charge in [-0.1, -0.05) is 20.3 Å². The molecule has 1 aliphatic rings. The minimum atomic E-state index is -0.0471. The van der Waals surface area contributed by atoms with Crippen molar-refractivity contribution in [2.45, 2.75) is 45.6 Å². The monoisotopic (exact) mass is 317 g/mol. The zero-order valence-corrected chi connectivity index (χ0v) is 14.3. The van der Waals surface area contributed by atoms with Gasteiger partial charge in [0.05, 0.1) is 6.04 Å². The first kappa shape index (κ1) is 17.5. The smallest absolute Gasteiger partial charge is 0.241 e. The number of likely N-dealkylation sites (tertiary alicyclic amines) is 1. The van der Waals surface area contributed by atoms with Crippen molar-refractivity contribution < 1.29 is 9.59 Å². The van der Waals surface area contributed by atoms with E-state index in [-0.39, 0.29) is 17.9 Å². The first-order valence-electron chi connectivity index (χ1n) is 8.36. The van der Waals surface area contributed by atoms with Crippen LogP contribution >= 0.6 is 0 Å². The second-order valence-electron chi connectivity index (χ2n) is 6.70. The number of carbonyl (C=O) groups is 2. The number of piperidine rings is 1. The van der Waals surface area contributed by atoms with Crippen LogP contribution in [-0.2, 0) is 9.59 Å². The third kappa shape index (κ3) is 5.36. The Kier molecular flexibility index (Phi) is 6.16. The van der Waals surface area contributed by atoms with Gasteiger partial charge in [-0.15, -0.1) is 0 Å². The Balaban J connectivity index is 1.89. The zero-order valence-electron chi connectivity index (χ0n) is 14.3. The summed E-state index contributed by atoms with van der Waals surface area (Å²) in [4.78, 5) is 26.2. The van der Waals surface area contributed by atoms with Crippen molar-refractivity contribution in [1.82, 2.24) is 4.90 Å². The number of nitrogens with one attached hydrogen (secondary N) is 2. The van der Waals surface area contributed by atoms with Crippen LogP contribution in [0.3, 0.4) is 0 Å². The number of rotatable bonds is 5. The van der Waals surface area contributed by atoms with Crippen LogP contribution in [0.2, 0.25) is 0 Å². The van der Waals surface area contributed by atoms with E-state index in [1.54, 1.807) is 0 Å². The van der Waals surface area contributed by atoms with Crippen LogP contribution in [0.1, 0.15) is 39.5 Å². The molecule has 2 N–H and O–H groups in total. The normalized spacial score (nSPS) is 18.7. The fourth-order valence-electron chi connectivity index (χ4n) is 2.85. The summed E-state index contributed by atoms with van der Waals surface area (Å²) in [7, 11) is 2.00. The molecule has 1 aromatic rings. The van der Waals surface area contributed by atoms with Crippen LogP contribution in [-0.4, -0.2) is 36.3 Å². The Morgan fingerprint density at radius 1 is 1.13 bits per heavy atom. The molecule has 0 spiro atoms. The van der Waals surface area contributed by atoms with Gasteiger partial charge < -0.3 is 10.6 Å². The Morgan fingerprint density at radius 2 is 1.74 bits per heavy atom. The van der Waals surface area contributed by atoms with E-state index in [2.05, 4.69) is 15.5 Å². The highest BCUT2D eigenvalue weighted by molar-refractivity contribution is 5.95. The van der Waals surface area contributed by atoms with Crippen molar-refractivity contribution in [2.24, 2.45) is 5.92 Å². The Hall–Kier alpha value is -1.88.